The molecule has 25 heavy (non-hydrogen) atoms. The first-order valence-electron chi connectivity index (χ1n) is 7.27. The van der Waals surface area contributed by atoms with Gasteiger partial charge < -0.3 is 4.74 Å². The normalized spacial score (nSPS) is 11.3. The smallest absolute Gasteiger partial charge is 0.264 e. The summed E-state index contributed by atoms with van der Waals surface area (Å²) < 4.78 is 33.6. The molecule has 1 heterocycles. The molecule has 0 bridgehead atoms. The highest BCUT2D eigenvalue weighted by Gasteiger charge is 2.16. The number of hydrogen-bond acceptors (Lipinski definition) is 5. The minimum Gasteiger partial charge on any atom is -0.497 e. The Morgan fingerprint density at radius 2 is 1.96 bits per heavy atom. The van der Waals surface area contributed by atoms with Gasteiger partial charge in [0.1, 0.15) is 12.1 Å². The zero-order valence-corrected chi connectivity index (χ0v) is 14.8. The highest BCUT2D eigenvalue weighted by molar-refractivity contribution is 7.92. The number of aromatic nitrogens is 3. The Bertz CT molecular complexity index is 971. The van der Waals surface area contributed by atoms with E-state index in [-0.39, 0.29) is 10.8 Å². The summed E-state index contributed by atoms with van der Waals surface area (Å²) in [5.41, 5.74) is 0.932. The average molecular weight is 379 g/mol. The topological polar surface area (TPSA) is 86.1 Å². The highest BCUT2D eigenvalue weighted by atomic mass is 35.5. The third-order valence-corrected chi connectivity index (χ3v) is 4.94. The lowest BCUT2D eigenvalue weighted by molar-refractivity contribution is 0.414. The van der Waals surface area contributed by atoms with E-state index in [1.165, 1.54) is 30.3 Å². The number of sulfonamides is 1. The summed E-state index contributed by atoms with van der Waals surface area (Å²) in [4.78, 5) is 4.08. The summed E-state index contributed by atoms with van der Waals surface area (Å²) in [6.45, 7) is 0.428. The fourth-order valence-electron chi connectivity index (χ4n) is 2.17. The monoisotopic (exact) mass is 378 g/mol. The molecular formula is C16H15ClN4O3S. The molecule has 0 radical (unpaired) electrons. The summed E-state index contributed by atoms with van der Waals surface area (Å²) in [7, 11) is -2.26. The van der Waals surface area contributed by atoms with Crippen LogP contribution in [0.25, 0.3) is 0 Å². The molecule has 1 N–H and O–H groups in total. The zero-order valence-electron chi connectivity index (χ0n) is 13.3. The van der Waals surface area contributed by atoms with Crippen LogP contribution in [-0.2, 0) is 16.6 Å². The van der Waals surface area contributed by atoms with Crippen LogP contribution in [0.4, 0.5) is 5.95 Å². The Hall–Kier alpha value is -2.58. The Labute approximate surface area is 150 Å². The van der Waals surface area contributed by atoms with Gasteiger partial charge in [-0.2, -0.15) is 4.98 Å². The molecule has 0 atom stereocenters. The first-order chi connectivity index (χ1) is 12.0. The quantitative estimate of drug-likeness (QED) is 0.712. The van der Waals surface area contributed by atoms with Gasteiger partial charge in [0, 0.05) is 5.02 Å². The van der Waals surface area contributed by atoms with E-state index in [4.69, 9.17) is 16.3 Å². The average Bonchev–Trinajstić information content (AvgIpc) is 3.01. The van der Waals surface area contributed by atoms with Crippen LogP contribution in [0.2, 0.25) is 5.02 Å². The number of methoxy groups -OCH3 is 1. The van der Waals surface area contributed by atoms with Crippen LogP contribution in [0.1, 0.15) is 5.56 Å². The molecule has 130 valence electrons. The zero-order chi connectivity index (χ0) is 17.9. The Kier molecular flexibility index (Phi) is 4.91. The number of halogens is 1. The van der Waals surface area contributed by atoms with Gasteiger partial charge >= 0.3 is 0 Å². The van der Waals surface area contributed by atoms with Gasteiger partial charge in [-0.3, -0.25) is 0 Å². The van der Waals surface area contributed by atoms with Crippen molar-refractivity contribution in [2.45, 2.75) is 11.4 Å². The van der Waals surface area contributed by atoms with Gasteiger partial charge in [0.25, 0.3) is 16.0 Å². The van der Waals surface area contributed by atoms with E-state index in [1.54, 1.807) is 18.2 Å². The van der Waals surface area contributed by atoms with E-state index in [0.717, 1.165) is 5.56 Å². The molecule has 3 rings (SSSR count). The fourth-order valence-corrected chi connectivity index (χ4v) is 3.33. The first kappa shape index (κ1) is 17.2. The van der Waals surface area contributed by atoms with Crippen molar-refractivity contribution < 1.29 is 13.2 Å². The maximum Gasteiger partial charge on any atom is 0.264 e. The van der Waals surface area contributed by atoms with Crippen LogP contribution in [0.15, 0.2) is 59.8 Å². The highest BCUT2D eigenvalue weighted by Crippen LogP contribution is 2.17. The lowest BCUT2D eigenvalue weighted by Crippen LogP contribution is -2.14. The van der Waals surface area contributed by atoms with Gasteiger partial charge in [0.05, 0.1) is 18.6 Å². The van der Waals surface area contributed by atoms with Gasteiger partial charge in [-0.1, -0.05) is 23.7 Å². The SMILES string of the molecule is COc1ccc(S(=O)(=O)Nc2ncn(Cc3cccc(Cl)c3)n2)cc1. The molecule has 0 aliphatic rings. The second-order valence-electron chi connectivity index (χ2n) is 5.18. The maximum absolute atomic E-state index is 12.4. The Balaban J connectivity index is 1.73. The predicted octanol–water partition coefficient (Wildman–Crippen LogP) is 2.79. The summed E-state index contributed by atoms with van der Waals surface area (Å²) in [6.07, 6.45) is 1.45. The Morgan fingerprint density at radius 1 is 1.20 bits per heavy atom. The number of ether oxygens (including phenoxy) is 1. The van der Waals surface area contributed by atoms with Gasteiger partial charge in [-0.05, 0) is 42.0 Å². The number of anilines is 1. The summed E-state index contributed by atoms with van der Waals surface area (Å²) in [5.74, 6) is 0.570. The van der Waals surface area contributed by atoms with Crippen LogP contribution in [0.5, 0.6) is 5.75 Å². The van der Waals surface area contributed by atoms with E-state index in [9.17, 15) is 8.42 Å². The fraction of sp³-hybridized carbons (Fsp3) is 0.125. The maximum atomic E-state index is 12.4. The molecular weight excluding hydrogens is 364 g/mol. The molecule has 9 heteroatoms. The van der Waals surface area contributed by atoms with Crippen LogP contribution < -0.4 is 9.46 Å². The number of rotatable bonds is 6. The Morgan fingerprint density at radius 3 is 2.64 bits per heavy atom. The van der Waals surface area contributed by atoms with E-state index in [1.807, 2.05) is 18.2 Å². The lowest BCUT2D eigenvalue weighted by atomic mass is 10.2. The van der Waals surface area contributed by atoms with Gasteiger partial charge in [0.15, 0.2) is 0 Å². The molecule has 0 spiro atoms. The van der Waals surface area contributed by atoms with E-state index >= 15 is 0 Å². The van der Waals surface area contributed by atoms with Gasteiger partial charge in [-0.25, -0.2) is 17.8 Å². The van der Waals surface area contributed by atoms with E-state index in [2.05, 4.69) is 14.8 Å². The molecule has 0 aliphatic carbocycles. The minimum atomic E-state index is -3.77. The van der Waals surface area contributed by atoms with Crippen molar-refractivity contribution in [1.29, 1.82) is 0 Å². The first-order valence-corrected chi connectivity index (χ1v) is 9.13. The summed E-state index contributed by atoms with van der Waals surface area (Å²) in [6, 6.07) is 13.4. The second-order valence-corrected chi connectivity index (χ2v) is 7.30. The minimum absolute atomic E-state index is 0.00199. The van der Waals surface area contributed by atoms with Crippen LogP contribution in [-0.4, -0.2) is 30.3 Å². The molecule has 0 saturated carbocycles. The molecule has 7 nitrogen and oxygen atoms in total. The number of hydrogen-bond donors (Lipinski definition) is 1. The third-order valence-electron chi connectivity index (χ3n) is 3.37. The molecule has 0 fully saturated rings. The number of nitrogens with zero attached hydrogens (tertiary/aromatic N) is 3. The van der Waals surface area contributed by atoms with Crippen molar-refractivity contribution in [1.82, 2.24) is 14.8 Å². The van der Waals surface area contributed by atoms with E-state index in [0.29, 0.717) is 17.3 Å². The van der Waals surface area contributed by atoms with Crippen LogP contribution in [0, 0.1) is 0 Å². The van der Waals surface area contributed by atoms with Crippen molar-refractivity contribution in [2.75, 3.05) is 11.8 Å². The molecule has 2 aromatic carbocycles. The lowest BCUT2D eigenvalue weighted by Gasteiger charge is -2.06. The molecule has 0 aliphatic heterocycles. The van der Waals surface area contributed by atoms with Crippen molar-refractivity contribution in [3.8, 4) is 5.75 Å². The third kappa shape index (κ3) is 4.28. The van der Waals surface area contributed by atoms with Crippen molar-refractivity contribution in [3.63, 3.8) is 0 Å². The number of nitrogens with one attached hydrogen (secondary N) is 1. The predicted molar refractivity (Wildman–Crippen MR) is 94.4 cm³/mol. The van der Waals surface area contributed by atoms with Crippen molar-refractivity contribution >= 4 is 27.6 Å². The van der Waals surface area contributed by atoms with Gasteiger partial charge in [0.2, 0.25) is 0 Å². The second kappa shape index (κ2) is 7.12. The summed E-state index contributed by atoms with van der Waals surface area (Å²) >= 11 is 5.95. The molecule has 0 saturated heterocycles. The molecule has 0 unspecified atom stereocenters. The summed E-state index contributed by atoms with van der Waals surface area (Å²) in [5, 5.41) is 4.75. The van der Waals surface area contributed by atoms with E-state index < -0.39 is 10.0 Å². The van der Waals surface area contributed by atoms with Crippen LogP contribution >= 0.6 is 11.6 Å². The number of benzene rings is 2. The van der Waals surface area contributed by atoms with Crippen molar-refractivity contribution in [2.24, 2.45) is 0 Å². The molecule has 1 aromatic heterocycles. The molecule has 0 amide bonds. The van der Waals surface area contributed by atoms with Crippen molar-refractivity contribution in [3.05, 3.63) is 65.4 Å². The van der Waals surface area contributed by atoms with Crippen LogP contribution in [0.3, 0.4) is 0 Å². The largest absolute Gasteiger partial charge is 0.497 e. The van der Waals surface area contributed by atoms with Gasteiger partial charge in [-0.15, -0.1) is 5.10 Å². The molecule has 3 aromatic rings. The standard InChI is InChI=1S/C16H15ClN4O3S/c1-24-14-5-7-15(8-6-14)25(22,23)20-16-18-11-21(19-16)10-12-3-2-4-13(17)9-12/h2-9,11H,10H2,1H3,(H,19,20).